The smallest absolute Gasteiger partial charge is 0.406 e. The Balaban J connectivity index is 1.92. The number of rotatable bonds is 4. The summed E-state index contributed by atoms with van der Waals surface area (Å²) in [6.07, 6.45) is -2.98. The fourth-order valence-electron chi connectivity index (χ4n) is 1.79. The van der Waals surface area contributed by atoms with Crippen LogP contribution in [0.3, 0.4) is 0 Å². The van der Waals surface area contributed by atoms with Gasteiger partial charge in [0, 0.05) is 0 Å². The van der Waals surface area contributed by atoms with Crippen LogP contribution in [0.1, 0.15) is 11.1 Å². The summed E-state index contributed by atoms with van der Waals surface area (Å²) in [5.74, 6) is -0.184. The fraction of sp³-hybridized carbons (Fsp3) is 0.200. The summed E-state index contributed by atoms with van der Waals surface area (Å²) >= 11 is 0. The van der Waals surface area contributed by atoms with Crippen molar-refractivity contribution in [3.05, 3.63) is 65.7 Å². The highest BCUT2D eigenvalue weighted by Gasteiger charge is 2.30. The molecule has 2 aromatic carbocycles. The molecule has 0 radical (unpaired) electrons. The topological polar surface area (TPSA) is 9.23 Å². The largest absolute Gasteiger partial charge is 0.573 e. The summed E-state index contributed by atoms with van der Waals surface area (Å²) in [7, 11) is 0. The molecule has 0 saturated carbocycles. The normalized spacial score (nSPS) is 11.3. The van der Waals surface area contributed by atoms with Gasteiger partial charge in [0.1, 0.15) is 5.75 Å². The van der Waals surface area contributed by atoms with Crippen LogP contribution in [0.4, 0.5) is 13.2 Å². The lowest BCUT2D eigenvalue weighted by atomic mass is 10.0. The maximum atomic E-state index is 12.0. The van der Waals surface area contributed by atoms with Gasteiger partial charge in [-0.1, -0.05) is 42.5 Å². The minimum absolute atomic E-state index is 0.184. The van der Waals surface area contributed by atoms with E-state index in [1.54, 1.807) is 12.1 Å². The van der Waals surface area contributed by atoms with E-state index in [9.17, 15) is 13.2 Å². The highest BCUT2D eigenvalue weighted by molar-refractivity contribution is 5.28. The minimum Gasteiger partial charge on any atom is -0.406 e. The highest BCUT2D eigenvalue weighted by atomic mass is 19.4. The van der Waals surface area contributed by atoms with E-state index < -0.39 is 6.36 Å². The number of ether oxygens (including phenoxy) is 1. The first kappa shape index (κ1) is 13.5. The van der Waals surface area contributed by atoms with Gasteiger partial charge in [-0.15, -0.1) is 13.2 Å². The van der Waals surface area contributed by atoms with Crippen LogP contribution in [0.15, 0.2) is 54.6 Å². The molecule has 0 heterocycles. The van der Waals surface area contributed by atoms with Gasteiger partial charge in [-0.05, 0) is 36.1 Å². The van der Waals surface area contributed by atoms with E-state index in [0.29, 0.717) is 0 Å². The molecule has 0 aliphatic rings. The molecule has 2 rings (SSSR count). The van der Waals surface area contributed by atoms with Crippen molar-refractivity contribution in [2.75, 3.05) is 0 Å². The van der Waals surface area contributed by atoms with Crippen LogP contribution < -0.4 is 4.74 Å². The molecule has 0 aliphatic heterocycles. The molecular formula is C15H13F3O. The van der Waals surface area contributed by atoms with Crippen molar-refractivity contribution in [3.63, 3.8) is 0 Å². The third kappa shape index (κ3) is 4.66. The molecule has 0 amide bonds. The van der Waals surface area contributed by atoms with Crippen molar-refractivity contribution < 1.29 is 17.9 Å². The Morgan fingerprint density at radius 3 is 1.79 bits per heavy atom. The molecule has 4 heteroatoms. The Morgan fingerprint density at radius 2 is 1.26 bits per heavy atom. The first-order valence-electron chi connectivity index (χ1n) is 5.91. The lowest BCUT2D eigenvalue weighted by Crippen LogP contribution is -2.17. The average molecular weight is 266 g/mol. The van der Waals surface area contributed by atoms with Gasteiger partial charge in [0.2, 0.25) is 0 Å². The lowest BCUT2D eigenvalue weighted by molar-refractivity contribution is -0.274. The Morgan fingerprint density at radius 1 is 0.737 bits per heavy atom. The Bertz CT molecular complexity index is 503. The quantitative estimate of drug-likeness (QED) is 0.798. The summed E-state index contributed by atoms with van der Waals surface area (Å²) in [5, 5.41) is 0. The summed E-state index contributed by atoms with van der Waals surface area (Å²) in [5.41, 5.74) is 2.19. The molecule has 0 spiro atoms. The molecule has 0 bridgehead atoms. The lowest BCUT2D eigenvalue weighted by Gasteiger charge is -2.09. The maximum absolute atomic E-state index is 12.0. The van der Waals surface area contributed by atoms with Crippen molar-refractivity contribution in [2.45, 2.75) is 19.2 Å². The van der Waals surface area contributed by atoms with Gasteiger partial charge in [-0.3, -0.25) is 0 Å². The molecule has 0 saturated heterocycles. The maximum Gasteiger partial charge on any atom is 0.573 e. The van der Waals surface area contributed by atoms with Crippen LogP contribution in [-0.2, 0) is 12.8 Å². The van der Waals surface area contributed by atoms with E-state index in [1.807, 2.05) is 30.3 Å². The monoisotopic (exact) mass is 266 g/mol. The number of hydrogen-bond acceptors (Lipinski definition) is 1. The average Bonchev–Trinajstić information content (AvgIpc) is 2.37. The van der Waals surface area contributed by atoms with Gasteiger partial charge < -0.3 is 4.74 Å². The minimum atomic E-state index is -4.63. The van der Waals surface area contributed by atoms with Gasteiger partial charge >= 0.3 is 6.36 Å². The van der Waals surface area contributed by atoms with E-state index in [4.69, 9.17) is 0 Å². The van der Waals surface area contributed by atoms with Crippen molar-refractivity contribution >= 4 is 0 Å². The Labute approximate surface area is 109 Å². The zero-order valence-corrected chi connectivity index (χ0v) is 10.2. The zero-order valence-electron chi connectivity index (χ0n) is 10.2. The first-order chi connectivity index (χ1) is 9.03. The molecule has 0 atom stereocenters. The molecule has 100 valence electrons. The third-order valence-corrected chi connectivity index (χ3v) is 2.70. The SMILES string of the molecule is FC(F)(F)Oc1ccc(CCc2ccccc2)cc1. The molecule has 0 aliphatic carbocycles. The van der Waals surface area contributed by atoms with Crippen molar-refractivity contribution in [1.82, 2.24) is 0 Å². The van der Waals surface area contributed by atoms with Crippen LogP contribution in [0.2, 0.25) is 0 Å². The summed E-state index contributed by atoms with van der Waals surface area (Å²) in [6, 6.07) is 15.9. The fourth-order valence-corrected chi connectivity index (χ4v) is 1.79. The van der Waals surface area contributed by atoms with Crippen LogP contribution in [0.25, 0.3) is 0 Å². The van der Waals surface area contributed by atoms with E-state index >= 15 is 0 Å². The number of hydrogen-bond donors (Lipinski definition) is 0. The molecule has 0 N–H and O–H groups in total. The predicted molar refractivity (Wildman–Crippen MR) is 67.0 cm³/mol. The Kier molecular flexibility index (Phi) is 4.10. The predicted octanol–water partition coefficient (Wildman–Crippen LogP) is 4.37. The van der Waals surface area contributed by atoms with Crippen LogP contribution in [0, 0.1) is 0 Å². The third-order valence-electron chi connectivity index (χ3n) is 2.70. The molecule has 1 nitrogen and oxygen atoms in total. The molecule has 0 fully saturated rings. The second-order valence-electron chi connectivity index (χ2n) is 4.18. The van der Waals surface area contributed by atoms with E-state index in [2.05, 4.69) is 4.74 Å². The summed E-state index contributed by atoms with van der Waals surface area (Å²) < 4.78 is 39.8. The molecule has 19 heavy (non-hydrogen) atoms. The standard InChI is InChI=1S/C15H13F3O/c16-15(17,18)19-14-10-8-13(9-11-14)7-6-12-4-2-1-3-5-12/h1-5,8-11H,6-7H2. The van der Waals surface area contributed by atoms with Gasteiger partial charge in [-0.25, -0.2) is 0 Å². The summed E-state index contributed by atoms with van der Waals surface area (Å²) in [6.45, 7) is 0. The van der Waals surface area contributed by atoms with E-state index in [0.717, 1.165) is 18.4 Å². The van der Waals surface area contributed by atoms with E-state index in [1.165, 1.54) is 17.7 Å². The molecule has 0 unspecified atom stereocenters. The van der Waals surface area contributed by atoms with E-state index in [-0.39, 0.29) is 5.75 Å². The number of benzene rings is 2. The molecule has 0 aromatic heterocycles. The highest BCUT2D eigenvalue weighted by Crippen LogP contribution is 2.23. The van der Waals surface area contributed by atoms with Crippen molar-refractivity contribution in [1.29, 1.82) is 0 Å². The van der Waals surface area contributed by atoms with Gasteiger partial charge in [-0.2, -0.15) is 0 Å². The van der Waals surface area contributed by atoms with Gasteiger partial charge in [0.15, 0.2) is 0 Å². The van der Waals surface area contributed by atoms with Crippen molar-refractivity contribution in [2.24, 2.45) is 0 Å². The van der Waals surface area contributed by atoms with Crippen molar-refractivity contribution in [3.8, 4) is 5.75 Å². The number of halogens is 3. The van der Waals surface area contributed by atoms with Gasteiger partial charge in [0.25, 0.3) is 0 Å². The number of aryl methyl sites for hydroxylation is 2. The van der Waals surface area contributed by atoms with Crippen LogP contribution in [0.5, 0.6) is 5.75 Å². The first-order valence-corrected chi connectivity index (χ1v) is 5.91. The second-order valence-corrected chi connectivity index (χ2v) is 4.18. The second kappa shape index (κ2) is 5.78. The molecular weight excluding hydrogens is 253 g/mol. The summed E-state index contributed by atoms with van der Waals surface area (Å²) in [4.78, 5) is 0. The van der Waals surface area contributed by atoms with Gasteiger partial charge in [0.05, 0.1) is 0 Å². The van der Waals surface area contributed by atoms with Crippen LogP contribution >= 0.6 is 0 Å². The van der Waals surface area contributed by atoms with Crippen LogP contribution in [-0.4, -0.2) is 6.36 Å². The zero-order chi connectivity index (χ0) is 13.7. The Hall–Kier alpha value is -1.97. The molecule has 2 aromatic rings. The number of alkyl halides is 3.